The van der Waals surface area contributed by atoms with Crippen LogP contribution in [-0.4, -0.2) is 51.7 Å². The maximum absolute atomic E-state index is 9.78. The van der Waals surface area contributed by atoms with Crippen molar-refractivity contribution in [2.75, 3.05) is 0 Å². The van der Waals surface area contributed by atoms with E-state index in [0.717, 1.165) is 24.3 Å². The molecule has 0 heterocycles. The molecular weight excluding hydrogens is 159 g/mol. The van der Waals surface area contributed by atoms with Crippen LogP contribution in [0.3, 0.4) is 0 Å². The van der Waals surface area contributed by atoms with Crippen LogP contribution < -0.4 is 0 Å². The molecule has 4 nitrogen and oxygen atoms in total. The molecule has 2 N–H and O–H groups in total. The van der Waals surface area contributed by atoms with Crippen LogP contribution in [0, 0.1) is 0 Å². The van der Waals surface area contributed by atoms with Crippen molar-refractivity contribution in [2.45, 2.75) is 0 Å². The first-order valence-corrected chi connectivity index (χ1v) is 2.43. The van der Waals surface area contributed by atoms with Crippen molar-refractivity contribution in [3.05, 3.63) is 24.3 Å². The maximum atomic E-state index is 9.78. The van der Waals surface area contributed by atoms with E-state index in [1.54, 1.807) is 0 Å². The Hall–Kier alpha value is -0.580. The summed E-state index contributed by atoms with van der Waals surface area (Å²) in [7, 11) is 0. The summed E-state index contributed by atoms with van der Waals surface area (Å²) in [6.07, 6.45) is 3.96. The number of carbonyl (C=O) groups is 2. The molecule has 0 saturated heterocycles. The average Bonchev–Trinajstić information content (AvgIpc) is 1.79. The molecule has 0 aliphatic rings. The Bertz CT molecular complexity index is 173. The Morgan fingerprint density at radius 2 is 1.18 bits per heavy atom. The second-order valence-electron chi connectivity index (χ2n) is 1.39. The van der Waals surface area contributed by atoms with Gasteiger partial charge in [0.1, 0.15) is 0 Å². The summed E-state index contributed by atoms with van der Waals surface area (Å²) in [6.45, 7) is 0. The van der Waals surface area contributed by atoms with Gasteiger partial charge in [-0.05, 0) is 0 Å². The third-order valence-electron chi connectivity index (χ3n) is 0.589. The van der Waals surface area contributed by atoms with Gasteiger partial charge >= 0.3 is 11.9 Å². The number of hydrogen-bond acceptors (Lipinski definition) is 2. The Kier molecular flexibility index (Phi) is 8.92. The fraction of sp³-hybridized carbons (Fsp3) is 0. The molecule has 0 unspecified atom stereocenters. The van der Waals surface area contributed by atoms with Crippen molar-refractivity contribution in [1.82, 2.24) is 0 Å². The molecule has 0 aromatic rings. The average molecular weight is 165 g/mol. The summed E-state index contributed by atoms with van der Waals surface area (Å²) in [4.78, 5) is 19.6. The smallest absolute Gasteiger partial charge is 0.328 e. The predicted octanol–water partition coefficient (Wildman–Crippen LogP) is -0.113. The van der Waals surface area contributed by atoms with Crippen molar-refractivity contribution in [2.24, 2.45) is 0 Å². The minimum atomic E-state index is -1.10. The summed E-state index contributed by atoms with van der Waals surface area (Å²) in [6, 6.07) is 0. The number of aliphatic carboxylic acids is 2. The van der Waals surface area contributed by atoms with Crippen LogP contribution in [0.5, 0.6) is 0 Å². The first kappa shape index (κ1) is 13.0. The summed E-state index contributed by atoms with van der Waals surface area (Å²) >= 11 is 0. The van der Waals surface area contributed by atoms with Crippen molar-refractivity contribution >= 4 is 41.5 Å². The quantitative estimate of drug-likeness (QED) is 0.347. The van der Waals surface area contributed by atoms with E-state index in [1.807, 2.05) is 0 Å². The standard InChI is InChI=1S/C6H6O4.Na/c7-5(8)3-1-2-4-6(9)10;/h1-4H,(H,7,8)(H,9,10);/b3-1+,4-2+;. The van der Waals surface area contributed by atoms with E-state index in [9.17, 15) is 9.59 Å². The third-order valence-corrected chi connectivity index (χ3v) is 0.589. The molecule has 0 amide bonds. The predicted molar refractivity (Wildman–Crippen MR) is 39.3 cm³/mol. The topological polar surface area (TPSA) is 74.6 Å². The molecule has 0 bridgehead atoms. The minimum absolute atomic E-state index is 0. The molecule has 5 heteroatoms. The second kappa shape index (κ2) is 7.53. The normalized spacial score (nSPS) is 9.82. The molecule has 0 saturated carbocycles. The fourth-order valence-electron chi connectivity index (χ4n) is 0.276. The molecule has 0 rings (SSSR count). The van der Waals surface area contributed by atoms with E-state index in [2.05, 4.69) is 0 Å². The molecule has 0 fully saturated rings. The minimum Gasteiger partial charge on any atom is -0.478 e. The van der Waals surface area contributed by atoms with Crippen molar-refractivity contribution in [3.63, 3.8) is 0 Å². The molecule has 0 aliphatic carbocycles. The van der Waals surface area contributed by atoms with E-state index in [1.165, 1.54) is 0 Å². The van der Waals surface area contributed by atoms with Gasteiger partial charge in [0.25, 0.3) is 0 Å². The molecule has 0 spiro atoms. The Morgan fingerprint density at radius 3 is 1.36 bits per heavy atom. The zero-order valence-electron chi connectivity index (χ0n) is 6.02. The van der Waals surface area contributed by atoms with Crippen LogP contribution in [0.2, 0.25) is 0 Å². The first-order valence-electron chi connectivity index (χ1n) is 2.43. The van der Waals surface area contributed by atoms with E-state index in [4.69, 9.17) is 10.2 Å². The Labute approximate surface area is 85.5 Å². The second-order valence-corrected chi connectivity index (χ2v) is 1.39. The Morgan fingerprint density at radius 1 is 0.909 bits per heavy atom. The summed E-state index contributed by atoms with van der Waals surface area (Å²) in [5.74, 6) is -2.20. The van der Waals surface area contributed by atoms with Gasteiger partial charge in [0.2, 0.25) is 0 Å². The van der Waals surface area contributed by atoms with Gasteiger partial charge in [0.05, 0.1) is 0 Å². The largest absolute Gasteiger partial charge is 0.478 e. The maximum Gasteiger partial charge on any atom is 0.328 e. The van der Waals surface area contributed by atoms with Crippen LogP contribution in [0.25, 0.3) is 0 Å². The van der Waals surface area contributed by atoms with E-state index in [-0.39, 0.29) is 29.6 Å². The molecular formula is C6H6NaO4. The van der Waals surface area contributed by atoms with Gasteiger partial charge in [-0.25, -0.2) is 9.59 Å². The number of rotatable bonds is 3. The van der Waals surface area contributed by atoms with Crippen molar-refractivity contribution in [3.8, 4) is 0 Å². The van der Waals surface area contributed by atoms with Gasteiger partial charge in [0.15, 0.2) is 0 Å². The van der Waals surface area contributed by atoms with E-state index < -0.39 is 11.9 Å². The third kappa shape index (κ3) is 12.6. The molecule has 0 aromatic carbocycles. The summed E-state index contributed by atoms with van der Waals surface area (Å²) in [5, 5.41) is 16.0. The number of allylic oxidation sites excluding steroid dienone is 2. The number of hydrogen-bond donors (Lipinski definition) is 2. The SMILES string of the molecule is O=C(O)/C=C/C=C/C(=O)O.[Na]. The monoisotopic (exact) mass is 165 g/mol. The van der Waals surface area contributed by atoms with Crippen LogP contribution >= 0.6 is 0 Å². The van der Waals surface area contributed by atoms with E-state index in [0.29, 0.717) is 0 Å². The zero-order chi connectivity index (χ0) is 7.98. The fourth-order valence-corrected chi connectivity index (χ4v) is 0.276. The van der Waals surface area contributed by atoms with Crippen LogP contribution in [0.15, 0.2) is 24.3 Å². The molecule has 0 atom stereocenters. The number of carboxylic acid groups (broad SMARTS) is 2. The van der Waals surface area contributed by atoms with Crippen LogP contribution in [0.1, 0.15) is 0 Å². The zero-order valence-corrected chi connectivity index (χ0v) is 8.02. The summed E-state index contributed by atoms with van der Waals surface area (Å²) < 4.78 is 0. The van der Waals surface area contributed by atoms with Crippen LogP contribution in [-0.2, 0) is 9.59 Å². The van der Waals surface area contributed by atoms with Crippen molar-refractivity contribution in [1.29, 1.82) is 0 Å². The van der Waals surface area contributed by atoms with Gasteiger partial charge in [-0.1, -0.05) is 12.2 Å². The molecule has 11 heavy (non-hydrogen) atoms. The van der Waals surface area contributed by atoms with Gasteiger partial charge < -0.3 is 10.2 Å². The van der Waals surface area contributed by atoms with Gasteiger partial charge in [-0.15, -0.1) is 0 Å². The molecule has 0 aliphatic heterocycles. The summed E-state index contributed by atoms with van der Waals surface area (Å²) in [5.41, 5.74) is 0. The van der Waals surface area contributed by atoms with Gasteiger partial charge in [-0.3, -0.25) is 0 Å². The van der Waals surface area contributed by atoms with Gasteiger partial charge in [0, 0.05) is 41.7 Å². The van der Waals surface area contributed by atoms with Crippen LogP contribution in [0.4, 0.5) is 0 Å². The first-order chi connectivity index (χ1) is 4.63. The van der Waals surface area contributed by atoms with Gasteiger partial charge in [-0.2, -0.15) is 0 Å². The van der Waals surface area contributed by atoms with E-state index >= 15 is 0 Å². The Balaban J connectivity index is 0. The molecule has 55 valence electrons. The van der Waals surface area contributed by atoms with Crippen molar-refractivity contribution < 1.29 is 19.8 Å². The molecule has 1 radical (unpaired) electrons. The molecule has 0 aromatic heterocycles. The number of carboxylic acids is 2.